The average molecular weight is 673 g/mol. The van der Waals surface area contributed by atoms with Gasteiger partial charge in [0.25, 0.3) is 0 Å². The highest BCUT2D eigenvalue weighted by Crippen LogP contribution is 2.31. The van der Waals surface area contributed by atoms with Crippen LogP contribution in [-0.2, 0) is 20.7 Å². The Hall–Kier alpha value is -4.41. The topological polar surface area (TPSA) is 117 Å². The maximum absolute atomic E-state index is 14.0. The third-order valence-electron chi connectivity index (χ3n) is 8.35. The number of alkyl carbamates (subject to hydrolysis) is 1. The minimum Gasteiger partial charge on any atom is -0.453 e. The van der Waals surface area contributed by atoms with E-state index >= 15 is 0 Å². The highest BCUT2D eigenvalue weighted by Gasteiger charge is 2.33. The number of imidazole rings is 1. The van der Waals surface area contributed by atoms with Gasteiger partial charge in [0, 0.05) is 23.2 Å². The van der Waals surface area contributed by atoms with Gasteiger partial charge in [-0.3, -0.25) is 4.79 Å². The van der Waals surface area contributed by atoms with Crippen LogP contribution in [0.1, 0.15) is 40.9 Å². The number of rotatable bonds is 10. The van der Waals surface area contributed by atoms with Gasteiger partial charge in [0.15, 0.2) is 0 Å². The van der Waals surface area contributed by atoms with Gasteiger partial charge in [-0.1, -0.05) is 102 Å². The number of nitrogens with zero attached hydrogens (tertiary/aromatic N) is 1. The van der Waals surface area contributed by atoms with Gasteiger partial charge >= 0.3 is 6.09 Å². The number of morpholine rings is 1. The van der Waals surface area contributed by atoms with Crippen LogP contribution in [0.25, 0.3) is 11.0 Å². The summed E-state index contributed by atoms with van der Waals surface area (Å²) < 4.78 is 11.2. The van der Waals surface area contributed by atoms with Crippen molar-refractivity contribution in [1.29, 1.82) is 0 Å². The average Bonchev–Trinajstić information content (AvgIpc) is 3.53. The number of aromatic amines is 1. The first-order valence-electron chi connectivity index (χ1n) is 15.4. The summed E-state index contributed by atoms with van der Waals surface area (Å²) in [5, 5.41) is 10.5. The molecular weight excluding hydrogens is 637 g/mol. The lowest BCUT2D eigenvalue weighted by molar-refractivity contribution is -0.118. The molecule has 0 radical (unpaired) electrons. The van der Waals surface area contributed by atoms with E-state index in [9.17, 15) is 9.59 Å². The van der Waals surface area contributed by atoms with Crippen molar-refractivity contribution in [3.05, 3.63) is 130 Å². The maximum Gasteiger partial charge on any atom is 0.407 e. The number of hydrogen-bond donors (Lipinski definition) is 4. The molecule has 1 fully saturated rings. The minimum absolute atomic E-state index is 0.0355. The Morgan fingerprint density at radius 2 is 1.66 bits per heavy atom. The van der Waals surface area contributed by atoms with Crippen molar-refractivity contribution in [2.75, 3.05) is 25.6 Å². The number of hydrogen-bond acceptors (Lipinski definition) is 6. The fraction of sp³-hybridized carbons (Fsp3) is 0.250. The molecule has 0 bridgehead atoms. The van der Waals surface area contributed by atoms with E-state index in [1.165, 1.54) is 7.11 Å². The van der Waals surface area contributed by atoms with Crippen molar-refractivity contribution in [2.24, 2.45) is 0 Å². The fourth-order valence-electron chi connectivity index (χ4n) is 5.98. The fourth-order valence-corrected chi connectivity index (χ4v) is 6.52. The van der Waals surface area contributed by atoms with E-state index in [0.717, 1.165) is 34.5 Å². The molecular formula is C36H35Cl2N5O4. The summed E-state index contributed by atoms with van der Waals surface area (Å²) in [7, 11) is 1.28. The number of methoxy groups -OCH3 is 1. The number of carbonyl (C=O) groups excluding carboxylic acids is 2. The molecule has 6 rings (SSSR count). The van der Waals surface area contributed by atoms with Crippen molar-refractivity contribution in [3.8, 4) is 0 Å². The minimum atomic E-state index is -0.952. The van der Waals surface area contributed by atoms with Gasteiger partial charge in [0.05, 0.1) is 36.4 Å². The first-order chi connectivity index (χ1) is 22.9. The molecule has 0 saturated carbocycles. The Bertz CT molecular complexity index is 1790. The van der Waals surface area contributed by atoms with Crippen LogP contribution in [0.15, 0.2) is 97.1 Å². The summed E-state index contributed by atoms with van der Waals surface area (Å²) in [5.74, 6) is -0.0700. The van der Waals surface area contributed by atoms with Crippen LogP contribution >= 0.6 is 23.2 Å². The predicted octanol–water partition coefficient (Wildman–Crippen LogP) is 7.03. The molecule has 1 saturated heterocycles. The zero-order chi connectivity index (χ0) is 32.8. The lowest BCUT2D eigenvalue weighted by Gasteiger charge is -2.30. The number of H-pyrrole nitrogens is 1. The number of halogens is 2. The molecule has 0 unspecified atom stereocenters. The van der Waals surface area contributed by atoms with Crippen LogP contribution < -0.4 is 16.0 Å². The quantitative estimate of drug-likeness (QED) is 0.127. The molecule has 1 aromatic heterocycles. The van der Waals surface area contributed by atoms with Crippen molar-refractivity contribution >= 4 is 51.9 Å². The summed E-state index contributed by atoms with van der Waals surface area (Å²) in [5.41, 5.74) is 4.87. The number of benzene rings is 4. The third kappa shape index (κ3) is 7.77. The smallest absolute Gasteiger partial charge is 0.407 e. The van der Waals surface area contributed by atoms with E-state index in [1.54, 1.807) is 12.1 Å². The second-order valence-electron chi connectivity index (χ2n) is 11.4. The predicted molar refractivity (Wildman–Crippen MR) is 184 cm³/mol. The molecule has 4 N–H and O–H groups in total. The van der Waals surface area contributed by atoms with E-state index in [0.29, 0.717) is 40.8 Å². The molecule has 242 valence electrons. The highest BCUT2D eigenvalue weighted by atomic mass is 35.5. The summed E-state index contributed by atoms with van der Waals surface area (Å²) in [4.78, 5) is 34.5. The highest BCUT2D eigenvalue weighted by molar-refractivity contribution is 6.38. The number of para-hydroxylation sites is 1. The molecule has 11 heteroatoms. The number of ether oxygens (including phenoxy) is 2. The lowest BCUT2D eigenvalue weighted by atomic mass is 9.84. The van der Waals surface area contributed by atoms with Gasteiger partial charge in [-0.25, -0.2) is 9.78 Å². The Labute approximate surface area is 283 Å². The zero-order valence-corrected chi connectivity index (χ0v) is 27.2. The number of anilines is 1. The van der Waals surface area contributed by atoms with E-state index < -0.39 is 18.1 Å². The second kappa shape index (κ2) is 15.0. The number of nitrogens with one attached hydrogen (secondary N) is 4. The van der Waals surface area contributed by atoms with Crippen LogP contribution in [0.2, 0.25) is 10.0 Å². The largest absolute Gasteiger partial charge is 0.453 e. The Kier molecular flexibility index (Phi) is 10.4. The zero-order valence-electron chi connectivity index (χ0n) is 25.7. The SMILES string of the molecule is COC(=O)N[C@H](C(=O)Nc1ccccc1CC[C@@H]1CN[C@H](c2nc3c(Cl)cc(Cl)cc3[nH]2)CO1)C(c1ccccc1)c1ccccc1. The maximum atomic E-state index is 14.0. The van der Waals surface area contributed by atoms with Crippen molar-refractivity contribution in [3.63, 3.8) is 0 Å². The molecule has 2 amide bonds. The van der Waals surface area contributed by atoms with Gasteiger partial charge in [0.1, 0.15) is 17.4 Å². The van der Waals surface area contributed by atoms with Gasteiger partial charge in [-0.15, -0.1) is 0 Å². The number of aromatic nitrogens is 2. The molecule has 2 heterocycles. The van der Waals surface area contributed by atoms with Crippen LogP contribution in [0.4, 0.5) is 10.5 Å². The first kappa shape index (κ1) is 32.5. The summed E-state index contributed by atoms with van der Waals surface area (Å²) in [6.07, 6.45) is 0.674. The Balaban J connectivity index is 1.14. The molecule has 4 aromatic carbocycles. The molecule has 3 atom stereocenters. The second-order valence-corrected chi connectivity index (χ2v) is 12.3. The monoisotopic (exact) mass is 671 g/mol. The van der Waals surface area contributed by atoms with E-state index in [4.69, 9.17) is 32.7 Å². The lowest BCUT2D eigenvalue weighted by Crippen LogP contribution is -2.48. The van der Waals surface area contributed by atoms with E-state index in [-0.39, 0.29) is 18.1 Å². The summed E-state index contributed by atoms with van der Waals surface area (Å²) >= 11 is 12.5. The molecule has 1 aliphatic rings. The molecule has 1 aliphatic heterocycles. The Morgan fingerprint density at radius 1 is 0.979 bits per heavy atom. The van der Waals surface area contributed by atoms with Crippen molar-refractivity contribution in [1.82, 2.24) is 20.6 Å². The molecule has 5 aromatic rings. The number of amides is 2. The number of carbonyl (C=O) groups is 2. The van der Waals surface area contributed by atoms with Crippen LogP contribution in [0.3, 0.4) is 0 Å². The Morgan fingerprint density at radius 3 is 2.32 bits per heavy atom. The van der Waals surface area contributed by atoms with Crippen LogP contribution in [-0.4, -0.2) is 54.4 Å². The number of fused-ring (bicyclic) bond motifs is 1. The third-order valence-corrected chi connectivity index (χ3v) is 8.85. The molecule has 47 heavy (non-hydrogen) atoms. The number of aryl methyl sites for hydroxylation is 1. The van der Waals surface area contributed by atoms with Crippen molar-refractivity contribution < 1.29 is 19.1 Å². The molecule has 0 aliphatic carbocycles. The van der Waals surface area contributed by atoms with Crippen molar-refractivity contribution in [2.45, 2.75) is 36.9 Å². The van der Waals surface area contributed by atoms with Gasteiger partial charge in [-0.05, 0) is 47.7 Å². The normalized spacial score (nSPS) is 16.9. The van der Waals surface area contributed by atoms with Gasteiger partial charge in [-0.2, -0.15) is 0 Å². The summed E-state index contributed by atoms with van der Waals surface area (Å²) in [6, 6.07) is 29.4. The van der Waals surface area contributed by atoms with Crippen LogP contribution in [0.5, 0.6) is 0 Å². The molecule has 9 nitrogen and oxygen atoms in total. The first-order valence-corrected chi connectivity index (χ1v) is 16.2. The van der Waals surface area contributed by atoms with Gasteiger partial charge in [0.2, 0.25) is 5.91 Å². The molecule has 0 spiro atoms. The van der Waals surface area contributed by atoms with Gasteiger partial charge < -0.3 is 30.4 Å². The van der Waals surface area contributed by atoms with Crippen LogP contribution in [0, 0.1) is 0 Å². The standard InChI is InChI=1S/C36H35Cl2N5O4/c1-46-36(45)43-33(31(23-11-4-2-5-12-23)24-13-6-3-7-14-24)35(44)41-28-15-9-8-10-22(28)16-17-26-20-39-30(21-47-26)34-40-29-19-25(37)18-27(38)32(29)42-34/h2-15,18-19,26,30-31,33,39H,16-17,20-21H2,1H3,(H,40,42)(H,41,44)(H,43,45)/t26-,30+,33+/m1/s1. The summed E-state index contributed by atoms with van der Waals surface area (Å²) in [6.45, 7) is 1.07. The van der Waals surface area contributed by atoms with E-state index in [1.807, 2.05) is 84.9 Å². The van der Waals surface area contributed by atoms with E-state index in [2.05, 4.69) is 25.9 Å².